The third-order valence-electron chi connectivity index (χ3n) is 7.33. The van der Waals surface area contributed by atoms with Crippen molar-refractivity contribution in [3.8, 4) is 11.5 Å². The average Bonchev–Trinajstić information content (AvgIpc) is 2.88. The van der Waals surface area contributed by atoms with E-state index in [-0.39, 0.29) is 47.1 Å². The molecule has 7 atom stereocenters. The first-order valence-corrected chi connectivity index (χ1v) is 13.3. The van der Waals surface area contributed by atoms with Gasteiger partial charge in [-0.1, -0.05) is 45.1 Å². The van der Waals surface area contributed by atoms with Crippen LogP contribution in [0.3, 0.4) is 0 Å². The topological polar surface area (TPSA) is 150 Å². The first kappa shape index (κ1) is 32.9. The van der Waals surface area contributed by atoms with Gasteiger partial charge in [0.2, 0.25) is 0 Å². The molecule has 1 aromatic carbocycles. The van der Waals surface area contributed by atoms with Gasteiger partial charge in [0, 0.05) is 50.4 Å². The Hall–Kier alpha value is -3.34. The van der Waals surface area contributed by atoms with Crippen LogP contribution in [0, 0.1) is 17.8 Å². The number of hydrogen-bond acceptors (Lipinski definition) is 8. The molecule has 1 heterocycles. The van der Waals surface area contributed by atoms with Crippen molar-refractivity contribution in [1.82, 2.24) is 0 Å². The highest BCUT2D eigenvalue weighted by Crippen LogP contribution is 2.42. The maximum atomic E-state index is 12.9. The lowest BCUT2D eigenvalue weighted by Crippen LogP contribution is -2.37. The molecule has 0 aromatic heterocycles. The number of allylic oxidation sites excluding steroid dienone is 2. The third-order valence-corrected chi connectivity index (χ3v) is 7.33. The van der Waals surface area contributed by atoms with Crippen molar-refractivity contribution < 1.29 is 38.7 Å². The van der Waals surface area contributed by atoms with Gasteiger partial charge >= 0.3 is 6.09 Å². The molecule has 2 rings (SSSR count). The van der Waals surface area contributed by atoms with E-state index in [0.717, 1.165) is 5.57 Å². The number of anilines is 1. The van der Waals surface area contributed by atoms with E-state index in [9.17, 15) is 19.8 Å². The van der Waals surface area contributed by atoms with Gasteiger partial charge in [-0.3, -0.25) is 4.79 Å². The van der Waals surface area contributed by atoms with Crippen molar-refractivity contribution in [1.29, 1.82) is 0 Å². The molecule has 222 valence electrons. The van der Waals surface area contributed by atoms with Gasteiger partial charge in [-0.2, -0.15) is 0 Å². The van der Waals surface area contributed by atoms with E-state index < -0.39 is 24.2 Å². The van der Waals surface area contributed by atoms with Crippen LogP contribution in [-0.4, -0.2) is 61.9 Å². The Morgan fingerprint density at radius 3 is 2.25 bits per heavy atom. The molecule has 1 aliphatic heterocycles. The van der Waals surface area contributed by atoms with Gasteiger partial charge in [-0.05, 0) is 37.8 Å². The highest BCUT2D eigenvalue weighted by molar-refractivity contribution is 6.04. The van der Waals surface area contributed by atoms with Crippen molar-refractivity contribution >= 4 is 17.7 Å². The summed E-state index contributed by atoms with van der Waals surface area (Å²) in [5, 5.41) is 24.2. The predicted molar refractivity (Wildman–Crippen MR) is 153 cm³/mol. The highest BCUT2D eigenvalue weighted by atomic mass is 16.6. The molecule has 10 nitrogen and oxygen atoms in total. The minimum atomic E-state index is -0.891. The Bertz CT molecular complexity index is 1130. The minimum Gasteiger partial charge on any atom is -0.508 e. The number of amides is 2. The number of hydrogen-bond donors (Lipinski definition) is 4. The number of carbonyl (C=O) groups excluding carboxylic acids is 2. The Kier molecular flexibility index (Phi) is 12.2. The van der Waals surface area contributed by atoms with Gasteiger partial charge in [0.05, 0.1) is 24.0 Å². The number of nitrogens with one attached hydrogen (secondary N) is 1. The Balaban J connectivity index is 2.67. The Morgan fingerprint density at radius 1 is 1.00 bits per heavy atom. The summed E-state index contributed by atoms with van der Waals surface area (Å²) in [5.41, 5.74) is 6.91. The second-order valence-corrected chi connectivity index (χ2v) is 10.5. The number of ether oxygens (including phenoxy) is 4. The number of carbonyl (C=O) groups is 2. The van der Waals surface area contributed by atoms with Crippen molar-refractivity contribution in [2.75, 3.05) is 26.6 Å². The van der Waals surface area contributed by atoms with Crippen LogP contribution >= 0.6 is 0 Å². The van der Waals surface area contributed by atoms with Gasteiger partial charge in [-0.25, -0.2) is 4.79 Å². The number of phenolic OH excluding ortho intramolecular Hbond substituents is 2. The average molecular weight is 561 g/mol. The molecule has 0 saturated heterocycles. The molecule has 5 N–H and O–H groups in total. The van der Waals surface area contributed by atoms with Crippen LogP contribution in [0.25, 0.3) is 0 Å². The molecule has 1 aromatic rings. The van der Waals surface area contributed by atoms with Gasteiger partial charge in [0.25, 0.3) is 5.91 Å². The summed E-state index contributed by atoms with van der Waals surface area (Å²) in [7, 11) is 4.73. The van der Waals surface area contributed by atoms with Gasteiger partial charge in [0.15, 0.2) is 0 Å². The van der Waals surface area contributed by atoms with Gasteiger partial charge in [0.1, 0.15) is 17.6 Å². The number of phenols is 2. The standard InChI is InChI=1S/C30H44N2O8/c1-16-10-9-11-17(2)29(35)32-23-15-21(33)14-22(25(23)34)27(38-7)20(5)13-24(37-6)28(39-8)19(4)12-18(3)26(16)40-30(31)36/h9-12,14-16,19-20,24,26-28,33-34H,13H2,1-8H3,(H2,31,36)(H,32,35)/b10-9-,17-11+,18-12-/t16-,19-,20+,24+,26-,27-,28-/m1/s1. The van der Waals surface area contributed by atoms with Crippen molar-refractivity contribution in [3.05, 3.63) is 53.1 Å². The number of methoxy groups -OCH3 is 3. The summed E-state index contributed by atoms with van der Waals surface area (Å²) in [5.74, 6) is -1.43. The normalized spacial score (nSPS) is 32.2. The Labute approximate surface area is 236 Å². The van der Waals surface area contributed by atoms with Crippen LogP contribution in [0.15, 0.2) is 47.6 Å². The molecule has 0 aliphatic carbocycles. The number of benzene rings is 1. The van der Waals surface area contributed by atoms with E-state index in [2.05, 4.69) is 5.32 Å². The fraction of sp³-hybridized carbons (Fsp3) is 0.533. The molecule has 10 heteroatoms. The zero-order valence-electron chi connectivity index (χ0n) is 24.6. The molecule has 2 bridgehead atoms. The number of primary amides is 1. The van der Waals surface area contributed by atoms with Crippen LogP contribution in [-0.2, 0) is 23.7 Å². The van der Waals surface area contributed by atoms with Crippen LogP contribution < -0.4 is 11.1 Å². The van der Waals surface area contributed by atoms with Crippen LogP contribution in [0.2, 0.25) is 0 Å². The lowest BCUT2D eigenvalue weighted by Gasteiger charge is -2.33. The minimum absolute atomic E-state index is 0.0543. The quantitative estimate of drug-likeness (QED) is 0.229. The lowest BCUT2D eigenvalue weighted by atomic mass is 9.86. The molecule has 0 saturated carbocycles. The second kappa shape index (κ2) is 14.9. The number of nitrogens with two attached hydrogens (primary N) is 1. The molecular formula is C30H44N2O8. The fourth-order valence-corrected chi connectivity index (χ4v) is 5.30. The smallest absolute Gasteiger partial charge is 0.405 e. The van der Waals surface area contributed by atoms with Gasteiger partial charge in [-0.15, -0.1) is 0 Å². The van der Waals surface area contributed by atoms with E-state index in [1.54, 1.807) is 39.4 Å². The molecular weight excluding hydrogens is 516 g/mol. The van der Waals surface area contributed by atoms with E-state index >= 15 is 0 Å². The zero-order valence-corrected chi connectivity index (χ0v) is 24.6. The summed E-state index contributed by atoms with van der Waals surface area (Å²) in [6.07, 6.45) is 4.64. The van der Waals surface area contributed by atoms with Gasteiger partial charge < -0.3 is 40.2 Å². The van der Waals surface area contributed by atoms with Crippen molar-refractivity contribution in [2.45, 2.75) is 65.5 Å². The van der Waals surface area contributed by atoms with Crippen LogP contribution in [0.5, 0.6) is 11.5 Å². The molecule has 0 spiro atoms. The maximum Gasteiger partial charge on any atom is 0.405 e. The van der Waals surface area contributed by atoms with Crippen molar-refractivity contribution in [2.24, 2.45) is 23.5 Å². The molecule has 0 radical (unpaired) electrons. The van der Waals surface area contributed by atoms with Crippen molar-refractivity contribution in [3.63, 3.8) is 0 Å². The number of aromatic hydroxyl groups is 2. The second-order valence-electron chi connectivity index (χ2n) is 10.5. The first-order valence-electron chi connectivity index (χ1n) is 13.3. The maximum absolute atomic E-state index is 12.9. The molecule has 1 aliphatic rings. The van der Waals surface area contributed by atoms with E-state index in [1.165, 1.54) is 19.2 Å². The summed E-state index contributed by atoms with van der Waals surface area (Å²) in [4.78, 5) is 24.6. The highest BCUT2D eigenvalue weighted by Gasteiger charge is 2.33. The first-order chi connectivity index (χ1) is 18.8. The van der Waals surface area contributed by atoms with Crippen LogP contribution in [0.1, 0.15) is 52.7 Å². The monoisotopic (exact) mass is 560 g/mol. The SMILES string of the molecule is CO[C@@H]1[C@H](C)/C=C(/C)[C@H](OC(N)=O)[C@H](C)/C=C\C=C(/C)C(=O)Nc2cc(O)cc(c2O)[C@H](OC)[C@@H](C)C[C@@H]1OC. The largest absolute Gasteiger partial charge is 0.508 e. The number of fused-ring (bicyclic) bond motifs is 2. The fourth-order valence-electron chi connectivity index (χ4n) is 5.30. The molecule has 0 fully saturated rings. The summed E-state index contributed by atoms with van der Waals surface area (Å²) in [6, 6.07) is 2.71. The van der Waals surface area contributed by atoms with Crippen LogP contribution in [0.4, 0.5) is 10.5 Å². The van der Waals surface area contributed by atoms with E-state index in [0.29, 0.717) is 17.6 Å². The predicted octanol–water partition coefficient (Wildman–Crippen LogP) is 4.98. The zero-order chi connectivity index (χ0) is 30.1. The number of rotatable bonds is 4. The van der Waals surface area contributed by atoms with E-state index in [4.69, 9.17) is 24.7 Å². The molecule has 2 amide bonds. The Morgan fingerprint density at radius 2 is 1.68 bits per heavy atom. The third kappa shape index (κ3) is 8.33. The lowest BCUT2D eigenvalue weighted by molar-refractivity contribution is -0.112. The molecule has 0 unspecified atom stereocenters. The summed E-state index contributed by atoms with van der Waals surface area (Å²) >= 11 is 0. The molecule has 40 heavy (non-hydrogen) atoms. The summed E-state index contributed by atoms with van der Waals surface area (Å²) in [6.45, 7) is 9.30. The van der Waals surface area contributed by atoms with E-state index in [1.807, 2.05) is 33.8 Å². The summed E-state index contributed by atoms with van der Waals surface area (Å²) < 4.78 is 23.0.